The van der Waals surface area contributed by atoms with E-state index in [1.807, 2.05) is 0 Å². The largest absolute Gasteiger partial charge is 0.507 e. The second-order valence-corrected chi connectivity index (χ2v) is 5.79. The highest BCUT2D eigenvalue weighted by molar-refractivity contribution is 6.30. The highest BCUT2D eigenvalue weighted by Gasteiger charge is 2.21. The zero-order valence-electron chi connectivity index (χ0n) is 12.9. The maximum Gasteiger partial charge on any atom is 0.265 e. The van der Waals surface area contributed by atoms with Crippen molar-refractivity contribution < 1.29 is 9.90 Å². The SMILES string of the molecule is Cn1c(-c2ccc(Cl)cc2)cc(O)c(C(=O)c2ccccc2)c1=O. The number of benzene rings is 2. The van der Waals surface area contributed by atoms with Gasteiger partial charge in [0, 0.05) is 23.7 Å². The lowest BCUT2D eigenvalue weighted by atomic mass is 10.0. The minimum absolute atomic E-state index is 0.235. The highest BCUT2D eigenvalue weighted by Crippen LogP contribution is 2.26. The van der Waals surface area contributed by atoms with Crippen molar-refractivity contribution in [3.05, 3.63) is 87.2 Å². The first-order valence-corrected chi connectivity index (χ1v) is 7.65. The minimum atomic E-state index is -0.547. The Hall–Kier alpha value is -2.85. The standard InChI is InChI=1S/C19H14ClNO3/c1-21-15(12-7-9-14(20)10-8-12)11-16(22)17(19(21)24)18(23)13-5-3-2-4-6-13/h2-11,22H,1H3. The molecule has 24 heavy (non-hydrogen) atoms. The summed E-state index contributed by atoms with van der Waals surface area (Å²) in [5, 5.41) is 10.9. The lowest BCUT2D eigenvalue weighted by Gasteiger charge is -2.12. The summed E-state index contributed by atoms with van der Waals surface area (Å²) in [4.78, 5) is 25.2. The molecule has 4 nitrogen and oxygen atoms in total. The number of hydrogen-bond donors (Lipinski definition) is 1. The topological polar surface area (TPSA) is 59.3 Å². The lowest BCUT2D eigenvalue weighted by Crippen LogP contribution is -2.26. The van der Waals surface area contributed by atoms with E-state index in [2.05, 4.69) is 0 Å². The van der Waals surface area contributed by atoms with Crippen LogP contribution >= 0.6 is 11.6 Å². The zero-order valence-corrected chi connectivity index (χ0v) is 13.6. The van der Waals surface area contributed by atoms with E-state index in [0.717, 1.165) is 0 Å². The van der Waals surface area contributed by atoms with E-state index in [0.29, 0.717) is 21.8 Å². The summed E-state index contributed by atoms with van der Waals surface area (Å²) in [6.07, 6.45) is 0. The second-order valence-electron chi connectivity index (χ2n) is 5.36. The van der Waals surface area contributed by atoms with Gasteiger partial charge in [-0.15, -0.1) is 0 Å². The Morgan fingerprint density at radius 3 is 2.29 bits per heavy atom. The van der Waals surface area contributed by atoms with Gasteiger partial charge in [0.1, 0.15) is 11.3 Å². The van der Waals surface area contributed by atoms with Gasteiger partial charge in [-0.25, -0.2) is 0 Å². The molecule has 0 aliphatic rings. The molecule has 1 aromatic heterocycles. The summed E-state index contributed by atoms with van der Waals surface area (Å²) in [5.41, 5.74) is 0.783. The summed E-state index contributed by atoms with van der Waals surface area (Å²) in [5.74, 6) is -0.840. The van der Waals surface area contributed by atoms with Gasteiger partial charge in [-0.2, -0.15) is 0 Å². The Bertz CT molecular complexity index is 960. The van der Waals surface area contributed by atoms with Crippen LogP contribution in [0.25, 0.3) is 11.3 Å². The average Bonchev–Trinajstić information content (AvgIpc) is 2.60. The third-order valence-corrected chi connectivity index (χ3v) is 4.06. The van der Waals surface area contributed by atoms with Crippen LogP contribution in [0.2, 0.25) is 5.02 Å². The number of halogens is 1. The molecule has 0 unspecified atom stereocenters. The van der Waals surface area contributed by atoms with Crippen molar-refractivity contribution in [2.75, 3.05) is 0 Å². The molecule has 1 heterocycles. The Balaban J connectivity index is 2.15. The number of nitrogens with zero attached hydrogens (tertiary/aromatic N) is 1. The average molecular weight is 340 g/mol. The van der Waals surface area contributed by atoms with Crippen molar-refractivity contribution in [3.63, 3.8) is 0 Å². The van der Waals surface area contributed by atoms with E-state index in [1.54, 1.807) is 61.6 Å². The van der Waals surface area contributed by atoms with Crippen LogP contribution in [0.5, 0.6) is 5.75 Å². The number of carbonyl (C=O) groups is 1. The van der Waals surface area contributed by atoms with E-state index in [-0.39, 0.29) is 11.3 Å². The molecule has 0 radical (unpaired) electrons. The predicted octanol–water partition coefficient (Wildman–Crippen LogP) is 3.64. The summed E-state index contributed by atoms with van der Waals surface area (Å²) in [7, 11) is 1.56. The molecule has 1 N–H and O–H groups in total. The first-order chi connectivity index (χ1) is 11.5. The fraction of sp³-hybridized carbons (Fsp3) is 0.0526. The molecule has 0 saturated heterocycles. The van der Waals surface area contributed by atoms with E-state index in [1.165, 1.54) is 10.6 Å². The molecule has 3 aromatic rings. The molecule has 0 atom stereocenters. The van der Waals surface area contributed by atoms with Gasteiger partial charge in [-0.3, -0.25) is 9.59 Å². The Morgan fingerprint density at radius 2 is 1.67 bits per heavy atom. The fourth-order valence-corrected chi connectivity index (χ4v) is 2.66. The third kappa shape index (κ3) is 2.84. The molecule has 0 bridgehead atoms. The number of rotatable bonds is 3. The summed E-state index contributed by atoms with van der Waals surface area (Å²) >= 11 is 5.87. The van der Waals surface area contributed by atoms with Crippen molar-refractivity contribution in [2.45, 2.75) is 0 Å². The number of hydrogen-bond acceptors (Lipinski definition) is 3. The van der Waals surface area contributed by atoms with Crippen molar-refractivity contribution in [1.29, 1.82) is 0 Å². The van der Waals surface area contributed by atoms with Gasteiger partial charge in [0.2, 0.25) is 5.78 Å². The number of pyridine rings is 1. The van der Waals surface area contributed by atoms with Gasteiger partial charge in [0.15, 0.2) is 0 Å². The Labute approximate surface area is 143 Å². The van der Waals surface area contributed by atoms with Crippen LogP contribution in [0, 0.1) is 0 Å². The summed E-state index contributed by atoms with van der Waals surface area (Å²) in [6, 6.07) is 16.7. The van der Waals surface area contributed by atoms with Gasteiger partial charge < -0.3 is 9.67 Å². The maximum atomic E-state index is 12.6. The van der Waals surface area contributed by atoms with Crippen LogP contribution in [0.4, 0.5) is 0 Å². The molecule has 3 rings (SSSR count). The van der Waals surface area contributed by atoms with Crippen LogP contribution in [-0.2, 0) is 7.05 Å². The number of carbonyl (C=O) groups excluding carboxylic acids is 1. The highest BCUT2D eigenvalue weighted by atomic mass is 35.5. The zero-order chi connectivity index (χ0) is 17.3. The monoisotopic (exact) mass is 339 g/mol. The number of aromatic nitrogens is 1. The molecular weight excluding hydrogens is 326 g/mol. The molecule has 0 aliphatic carbocycles. The molecule has 0 fully saturated rings. The summed E-state index contributed by atoms with van der Waals surface area (Å²) < 4.78 is 1.35. The third-order valence-electron chi connectivity index (χ3n) is 3.81. The van der Waals surface area contributed by atoms with E-state index in [4.69, 9.17) is 11.6 Å². The smallest absolute Gasteiger partial charge is 0.265 e. The van der Waals surface area contributed by atoms with Crippen LogP contribution in [0.1, 0.15) is 15.9 Å². The van der Waals surface area contributed by atoms with E-state index in [9.17, 15) is 14.7 Å². The van der Waals surface area contributed by atoms with Crippen molar-refractivity contribution >= 4 is 17.4 Å². The van der Waals surface area contributed by atoms with Crippen LogP contribution in [0.15, 0.2) is 65.5 Å². The van der Waals surface area contributed by atoms with Crippen LogP contribution in [0.3, 0.4) is 0 Å². The van der Waals surface area contributed by atoms with Gasteiger partial charge in [-0.1, -0.05) is 54.1 Å². The molecule has 0 amide bonds. The van der Waals surface area contributed by atoms with E-state index >= 15 is 0 Å². The van der Waals surface area contributed by atoms with E-state index < -0.39 is 11.3 Å². The first-order valence-electron chi connectivity index (χ1n) is 7.27. The quantitative estimate of drug-likeness (QED) is 0.741. The maximum absolute atomic E-state index is 12.6. The molecule has 0 aliphatic heterocycles. The number of aromatic hydroxyl groups is 1. The first kappa shape index (κ1) is 16.0. The lowest BCUT2D eigenvalue weighted by molar-refractivity contribution is 0.103. The Kier molecular flexibility index (Phi) is 4.23. The molecule has 5 heteroatoms. The second kappa shape index (κ2) is 6.34. The molecular formula is C19H14ClNO3. The summed E-state index contributed by atoms with van der Waals surface area (Å²) in [6.45, 7) is 0. The van der Waals surface area contributed by atoms with Crippen molar-refractivity contribution in [1.82, 2.24) is 4.57 Å². The van der Waals surface area contributed by atoms with Crippen molar-refractivity contribution in [3.8, 4) is 17.0 Å². The Morgan fingerprint density at radius 1 is 1.04 bits per heavy atom. The van der Waals surface area contributed by atoms with Crippen LogP contribution < -0.4 is 5.56 Å². The van der Waals surface area contributed by atoms with Gasteiger partial charge in [-0.05, 0) is 17.7 Å². The van der Waals surface area contributed by atoms with Gasteiger partial charge in [0.05, 0.1) is 5.69 Å². The van der Waals surface area contributed by atoms with Gasteiger partial charge >= 0.3 is 0 Å². The fourth-order valence-electron chi connectivity index (χ4n) is 2.53. The van der Waals surface area contributed by atoms with Crippen molar-refractivity contribution in [2.24, 2.45) is 7.05 Å². The molecule has 0 spiro atoms. The minimum Gasteiger partial charge on any atom is -0.507 e. The molecule has 2 aromatic carbocycles. The van der Waals surface area contributed by atoms with Crippen LogP contribution in [-0.4, -0.2) is 15.5 Å². The normalized spacial score (nSPS) is 10.6. The predicted molar refractivity (Wildman–Crippen MR) is 93.7 cm³/mol. The molecule has 0 saturated carbocycles. The number of ketones is 1. The molecule has 120 valence electrons. The van der Waals surface area contributed by atoms with Gasteiger partial charge in [0.25, 0.3) is 5.56 Å².